The molecule has 126 valence electrons. The number of nitrogens with one attached hydrogen (secondary N) is 1. The molecule has 2 amide bonds. The van der Waals surface area contributed by atoms with Crippen molar-refractivity contribution in [3.05, 3.63) is 29.6 Å². The molecule has 1 aromatic rings. The van der Waals surface area contributed by atoms with Gasteiger partial charge in [-0.2, -0.15) is 0 Å². The van der Waals surface area contributed by atoms with Gasteiger partial charge < -0.3 is 19.7 Å². The molecule has 2 rings (SSSR count). The van der Waals surface area contributed by atoms with Gasteiger partial charge in [0.05, 0.1) is 13.2 Å². The van der Waals surface area contributed by atoms with E-state index in [1.54, 1.807) is 26.8 Å². The van der Waals surface area contributed by atoms with Crippen LogP contribution in [-0.2, 0) is 20.9 Å². The maximum atomic E-state index is 13.3. The second-order valence-electron chi connectivity index (χ2n) is 6.23. The molecule has 1 N–H and O–H groups in total. The first-order chi connectivity index (χ1) is 10.8. The molecule has 0 bridgehead atoms. The highest BCUT2D eigenvalue weighted by Crippen LogP contribution is 2.25. The van der Waals surface area contributed by atoms with E-state index in [4.69, 9.17) is 9.47 Å². The molecular formula is C16H21FN2O4. The fourth-order valence-electron chi connectivity index (χ4n) is 2.21. The molecule has 0 radical (unpaired) electrons. The minimum absolute atomic E-state index is 0.203. The summed E-state index contributed by atoms with van der Waals surface area (Å²) in [6.07, 6.45) is -0.656. The van der Waals surface area contributed by atoms with Gasteiger partial charge in [0.1, 0.15) is 18.0 Å². The van der Waals surface area contributed by atoms with Gasteiger partial charge in [0, 0.05) is 17.8 Å². The maximum Gasteiger partial charge on any atom is 0.408 e. The standard InChI is InChI=1S/C16H21FN2O4/c1-16(2,3)23-15(21)18-9-14(20)19-6-7-22-10-11-8-12(17)4-5-13(11)19/h4-5,8H,6-7,9-10H2,1-3H3,(H,18,21). The predicted octanol–water partition coefficient (Wildman–Crippen LogP) is 2.21. The third kappa shape index (κ3) is 4.92. The van der Waals surface area contributed by atoms with Crippen molar-refractivity contribution in [2.45, 2.75) is 33.0 Å². The van der Waals surface area contributed by atoms with Gasteiger partial charge in [-0.25, -0.2) is 9.18 Å². The molecule has 0 unspecified atom stereocenters. The lowest BCUT2D eigenvalue weighted by Crippen LogP contribution is -2.43. The van der Waals surface area contributed by atoms with E-state index in [-0.39, 0.29) is 24.9 Å². The highest BCUT2D eigenvalue weighted by molar-refractivity contribution is 5.96. The second kappa shape index (κ2) is 6.95. The molecule has 23 heavy (non-hydrogen) atoms. The number of ether oxygens (including phenoxy) is 2. The third-order valence-corrected chi connectivity index (χ3v) is 3.13. The van der Waals surface area contributed by atoms with Crippen LogP contribution in [0.15, 0.2) is 18.2 Å². The molecule has 0 saturated carbocycles. The fourth-order valence-corrected chi connectivity index (χ4v) is 2.21. The van der Waals surface area contributed by atoms with Crippen molar-refractivity contribution >= 4 is 17.7 Å². The van der Waals surface area contributed by atoms with E-state index < -0.39 is 11.7 Å². The quantitative estimate of drug-likeness (QED) is 0.906. The van der Waals surface area contributed by atoms with Gasteiger partial charge in [-0.05, 0) is 39.0 Å². The summed E-state index contributed by atoms with van der Waals surface area (Å²) in [5, 5.41) is 2.43. The second-order valence-corrected chi connectivity index (χ2v) is 6.23. The van der Waals surface area contributed by atoms with Crippen molar-refractivity contribution in [2.24, 2.45) is 0 Å². The largest absolute Gasteiger partial charge is 0.444 e. The zero-order valence-corrected chi connectivity index (χ0v) is 13.5. The normalized spacial score (nSPS) is 14.7. The Kier molecular flexibility index (Phi) is 5.20. The number of carbonyl (C=O) groups excluding carboxylic acids is 2. The Hall–Kier alpha value is -2.15. The Bertz CT molecular complexity index is 598. The molecule has 1 heterocycles. The zero-order valence-electron chi connectivity index (χ0n) is 13.5. The number of amides is 2. The van der Waals surface area contributed by atoms with E-state index in [9.17, 15) is 14.0 Å². The molecule has 0 aromatic heterocycles. The number of carbonyl (C=O) groups is 2. The number of nitrogens with zero attached hydrogens (tertiary/aromatic N) is 1. The van der Waals surface area contributed by atoms with Crippen LogP contribution < -0.4 is 10.2 Å². The molecule has 0 fully saturated rings. The average molecular weight is 324 g/mol. The number of fused-ring (bicyclic) bond motifs is 1. The summed E-state index contributed by atoms with van der Waals surface area (Å²) in [7, 11) is 0. The Morgan fingerprint density at radius 2 is 2.13 bits per heavy atom. The first kappa shape index (κ1) is 17.2. The molecule has 7 heteroatoms. The Labute approximate surface area is 134 Å². The van der Waals surface area contributed by atoms with E-state index in [2.05, 4.69) is 5.32 Å². The lowest BCUT2D eigenvalue weighted by molar-refractivity contribution is -0.118. The lowest BCUT2D eigenvalue weighted by Gasteiger charge is -2.23. The smallest absolute Gasteiger partial charge is 0.408 e. The topological polar surface area (TPSA) is 67.9 Å². The summed E-state index contributed by atoms with van der Waals surface area (Å²) in [5.74, 6) is -0.692. The monoisotopic (exact) mass is 324 g/mol. The highest BCUT2D eigenvalue weighted by atomic mass is 19.1. The maximum absolute atomic E-state index is 13.3. The Balaban J connectivity index is 2.04. The van der Waals surface area contributed by atoms with Gasteiger partial charge in [0.25, 0.3) is 0 Å². The first-order valence-corrected chi connectivity index (χ1v) is 7.39. The summed E-state index contributed by atoms with van der Waals surface area (Å²) < 4.78 is 23.8. The van der Waals surface area contributed by atoms with Crippen LogP contribution in [0.25, 0.3) is 0 Å². The van der Waals surface area contributed by atoms with E-state index in [0.29, 0.717) is 24.4 Å². The van der Waals surface area contributed by atoms with Crippen LogP contribution in [-0.4, -0.2) is 37.3 Å². The molecule has 1 aromatic carbocycles. The number of hydrogen-bond acceptors (Lipinski definition) is 4. The lowest BCUT2D eigenvalue weighted by atomic mass is 10.1. The number of halogens is 1. The van der Waals surface area contributed by atoms with Gasteiger partial charge in [0.2, 0.25) is 5.91 Å². The van der Waals surface area contributed by atoms with Crippen LogP contribution in [0.4, 0.5) is 14.9 Å². The molecule has 0 aliphatic carbocycles. The molecular weight excluding hydrogens is 303 g/mol. The average Bonchev–Trinajstić information content (AvgIpc) is 2.64. The van der Waals surface area contributed by atoms with E-state index in [1.165, 1.54) is 17.0 Å². The van der Waals surface area contributed by atoms with Crippen LogP contribution >= 0.6 is 0 Å². The van der Waals surface area contributed by atoms with Gasteiger partial charge >= 0.3 is 6.09 Å². The fraction of sp³-hybridized carbons (Fsp3) is 0.500. The van der Waals surface area contributed by atoms with Crippen LogP contribution in [0.2, 0.25) is 0 Å². The van der Waals surface area contributed by atoms with Crippen molar-refractivity contribution in [1.29, 1.82) is 0 Å². The molecule has 0 atom stereocenters. The number of rotatable bonds is 2. The summed E-state index contributed by atoms with van der Waals surface area (Å²) >= 11 is 0. The van der Waals surface area contributed by atoms with Crippen LogP contribution in [0.5, 0.6) is 0 Å². The van der Waals surface area contributed by atoms with Crippen molar-refractivity contribution in [3.63, 3.8) is 0 Å². The third-order valence-electron chi connectivity index (χ3n) is 3.13. The number of alkyl carbamates (subject to hydrolysis) is 1. The van der Waals surface area contributed by atoms with Gasteiger partial charge in [-0.3, -0.25) is 4.79 Å². The van der Waals surface area contributed by atoms with Crippen LogP contribution in [0.1, 0.15) is 26.3 Å². The van der Waals surface area contributed by atoms with Gasteiger partial charge in [-0.15, -0.1) is 0 Å². The predicted molar refractivity (Wildman–Crippen MR) is 82.6 cm³/mol. The Morgan fingerprint density at radius 3 is 2.83 bits per heavy atom. The number of benzene rings is 1. The molecule has 1 aliphatic rings. The first-order valence-electron chi connectivity index (χ1n) is 7.39. The van der Waals surface area contributed by atoms with Gasteiger partial charge in [-0.1, -0.05) is 0 Å². The SMILES string of the molecule is CC(C)(C)OC(=O)NCC(=O)N1CCOCc2cc(F)ccc21. The number of anilines is 1. The Morgan fingerprint density at radius 1 is 1.39 bits per heavy atom. The molecule has 0 spiro atoms. The molecule has 6 nitrogen and oxygen atoms in total. The summed E-state index contributed by atoms with van der Waals surface area (Å²) in [5.41, 5.74) is 0.571. The van der Waals surface area contributed by atoms with Crippen LogP contribution in [0, 0.1) is 5.82 Å². The highest BCUT2D eigenvalue weighted by Gasteiger charge is 2.23. The van der Waals surface area contributed by atoms with Crippen molar-refractivity contribution in [2.75, 3.05) is 24.6 Å². The van der Waals surface area contributed by atoms with Gasteiger partial charge in [0.15, 0.2) is 0 Å². The minimum atomic E-state index is -0.656. The minimum Gasteiger partial charge on any atom is -0.444 e. The van der Waals surface area contributed by atoms with Crippen molar-refractivity contribution in [1.82, 2.24) is 5.32 Å². The van der Waals surface area contributed by atoms with E-state index >= 15 is 0 Å². The van der Waals surface area contributed by atoms with E-state index in [0.717, 1.165) is 0 Å². The molecule has 1 aliphatic heterocycles. The molecule has 0 saturated heterocycles. The van der Waals surface area contributed by atoms with Crippen molar-refractivity contribution in [3.8, 4) is 0 Å². The zero-order chi connectivity index (χ0) is 17.0. The summed E-state index contributed by atoms with van der Waals surface area (Å²) in [6, 6.07) is 4.19. The van der Waals surface area contributed by atoms with E-state index in [1.807, 2.05) is 0 Å². The number of hydrogen-bond donors (Lipinski definition) is 1. The summed E-state index contributed by atoms with van der Waals surface area (Å²) in [6.45, 7) is 5.95. The van der Waals surface area contributed by atoms with Crippen molar-refractivity contribution < 1.29 is 23.5 Å². The van der Waals surface area contributed by atoms with Crippen LogP contribution in [0.3, 0.4) is 0 Å². The summed E-state index contributed by atoms with van der Waals surface area (Å²) in [4.78, 5) is 25.5.